The second-order valence-corrected chi connectivity index (χ2v) is 8.99. The number of hydrogen-bond acceptors (Lipinski definition) is 7. The van der Waals surface area contributed by atoms with Gasteiger partial charge in [0, 0.05) is 69.0 Å². The van der Waals surface area contributed by atoms with Gasteiger partial charge >= 0.3 is 5.92 Å². The number of alkyl halides is 2. The van der Waals surface area contributed by atoms with Crippen LogP contribution in [0.3, 0.4) is 0 Å². The summed E-state index contributed by atoms with van der Waals surface area (Å²) < 4.78 is 34.0. The van der Waals surface area contributed by atoms with Crippen molar-refractivity contribution in [3.05, 3.63) is 29.7 Å². The molecule has 1 saturated carbocycles. The number of fused-ring (bicyclic) bond motifs is 2. The molecule has 2 aromatic heterocycles. The highest BCUT2D eigenvalue weighted by Gasteiger charge is 2.53. The minimum atomic E-state index is -3.18. The predicted octanol–water partition coefficient (Wildman–Crippen LogP) is 3.72. The van der Waals surface area contributed by atoms with Crippen LogP contribution in [-0.4, -0.2) is 46.7 Å². The van der Waals surface area contributed by atoms with Gasteiger partial charge in [-0.3, -0.25) is 4.79 Å². The zero-order chi connectivity index (χ0) is 22.5. The van der Waals surface area contributed by atoms with E-state index in [9.17, 15) is 13.6 Å². The van der Waals surface area contributed by atoms with Gasteiger partial charge < -0.3 is 20.3 Å². The Morgan fingerprint density at radius 1 is 1.22 bits per heavy atom. The number of hydrogen-bond donors (Lipinski definition) is 2. The predicted molar refractivity (Wildman–Crippen MR) is 116 cm³/mol. The quantitative estimate of drug-likeness (QED) is 0.726. The molecular weight excluding hydrogens is 418 g/mol. The highest BCUT2D eigenvalue weighted by Crippen LogP contribution is 2.58. The Bertz CT molecular complexity index is 1050. The van der Waals surface area contributed by atoms with E-state index in [2.05, 4.69) is 25.6 Å². The Kier molecular flexibility index (Phi) is 4.99. The summed E-state index contributed by atoms with van der Waals surface area (Å²) in [6.45, 7) is 4.13. The van der Waals surface area contributed by atoms with Crippen molar-refractivity contribution in [2.24, 2.45) is 0 Å². The van der Waals surface area contributed by atoms with Gasteiger partial charge in [-0.2, -0.15) is 8.78 Å². The molecule has 2 N–H and O–H groups in total. The van der Waals surface area contributed by atoms with Gasteiger partial charge in [-0.1, -0.05) is 0 Å². The number of halogens is 2. The minimum absolute atomic E-state index is 0.0365. The van der Waals surface area contributed by atoms with Crippen LogP contribution in [0.2, 0.25) is 0 Å². The molecule has 2 aromatic rings. The van der Waals surface area contributed by atoms with E-state index in [1.54, 1.807) is 18.3 Å². The lowest BCUT2D eigenvalue weighted by molar-refractivity contribution is -0.114. The summed E-state index contributed by atoms with van der Waals surface area (Å²) in [6, 6.07) is 3.64. The zero-order valence-corrected chi connectivity index (χ0v) is 18.1. The molecule has 1 amide bonds. The maximum atomic E-state index is 14.3. The Labute approximate surface area is 184 Å². The number of amides is 1. The van der Waals surface area contributed by atoms with Gasteiger partial charge in [-0.25, -0.2) is 15.0 Å². The highest BCUT2D eigenvalue weighted by molar-refractivity contribution is 5.89. The van der Waals surface area contributed by atoms with Crippen LogP contribution in [0, 0.1) is 0 Å². The number of pyridine rings is 1. The first-order chi connectivity index (χ1) is 15.2. The van der Waals surface area contributed by atoms with Gasteiger partial charge in [0.1, 0.15) is 17.5 Å². The van der Waals surface area contributed by atoms with Crippen LogP contribution in [0.1, 0.15) is 50.9 Å². The summed E-state index contributed by atoms with van der Waals surface area (Å²) in [6.07, 6.45) is 5.38. The molecule has 0 bridgehead atoms. The van der Waals surface area contributed by atoms with E-state index < -0.39 is 11.7 Å². The van der Waals surface area contributed by atoms with Crippen LogP contribution in [-0.2, 0) is 20.9 Å². The molecule has 1 saturated heterocycles. The molecule has 2 aliphatic heterocycles. The first kappa shape index (κ1) is 21.0. The van der Waals surface area contributed by atoms with Gasteiger partial charge in [0.25, 0.3) is 0 Å². The summed E-state index contributed by atoms with van der Waals surface area (Å²) in [5.74, 6) is -2.69. The largest absolute Gasteiger partial charge is 0.381 e. The first-order valence-electron chi connectivity index (χ1n) is 10.9. The molecule has 1 spiro atoms. The van der Waals surface area contributed by atoms with Crippen LogP contribution < -0.4 is 15.5 Å². The third-order valence-corrected chi connectivity index (χ3v) is 6.32. The number of carbonyl (C=O) groups excluding carboxylic acids is 1. The van der Waals surface area contributed by atoms with Crippen LogP contribution in [0.15, 0.2) is 18.3 Å². The molecule has 170 valence electrons. The van der Waals surface area contributed by atoms with Crippen LogP contribution in [0.25, 0.3) is 0 Å². The zero-order valence-electron chi connectivity index (χ0n) is 18.1. The van der Waals surface area contributed by atoms with Crippen LogP contribution in [0.4, 0.5) is 31.9 Å². The Morgan fingerprint density at radius 3 is 2.62 bits per heavy atom. The van der Waals surface area contributed by atoms with Crippen molar-refractivity contribution in [1.82, 2.24) is 15.0 Å². The second-order valence-electron chi connectivity index (χ2n) is 8.99. The number of anilines is 4. The van der Waals surface area contributed by atoms with E-state index in [0.29, 0.717) is 37.2 Å². The van der Waals surface area contributed by atoms with Gasteiger partial charge in [0.05, 0.1) is 5.69 Å². The summed E-state index contributed by atoms with van der Waals surface area (Å²) in [7, 11) is 0. The average molecular weight is 444 g/mol. The molecule has 32 heavy (non-hydrogen) atoms. The SMILES string of the molecule is CC(=O)Nc1cc2c(cn1)C1(CC1)CN2c1cc(NC2CCOCC2)nc(C(C)(F)F)n1. The van der Waals surface area contributed by atoms with Gasteiger partial charge in [0.2, 0.25) is 11.7 Å². The van der Waals surface area contributed by atoms with Crippen LogP contribution >= 0.6 is 0 Å². The topological polar surface area (TPSA) is 92.3 Å². The molecule has 10 heteroatoms. The van der Waals surface area contributed by atoms with Gasteiger partial charge in [-0.05, 0) is 25.7 Å². The number of nitrogens with zero attached hydrogens (tertiary/aromatic N) is 4. The van der Waals surface area contributed by atoms with Crippen molar-refractivity contribution in [2.45, 2.75) is 56.9 Å². The van der Waals surface area contributed by atoms with Crippen molar-refractivity contribution in [1.29, 1.82) is 0 Å². The maximum Gasteiger partial charge on any atom is 0.303 e. The van der Waals surface area contributed by atoms with E-state index in [-0.39, 0.29) is 17.4 Å². The Hall–Kier alpha value is -2.88. The average Bonchev–Trinajstić information content (AvgIpc) is 3.44. The standard InChI is InChI=1S/C22H26F2N6O2/c1-13(31)26-17-9-16-15(11-25-17)22(5-6-22)12-30(16)19-10-18(27-14-3-7-32-8-4-14)28-20(29-19)21(2,23)24/h9-11,14H,3-8,12H2,1-2H3,(H,25,26,31)(H,27,28,29). The van der Waals surface area contributed by atoms with E-state index in [0.717, 1.165) is 43.9 Å². The maximum absolute atomic E-state index is 14.3. The van der Waals surface area contributed by atoms with Gasteiger partial charge in [0.15, 0.2) is 0 Å². The van der Waals surface area contributed by atoms with E-state index >= 15 is 0 Å². The van der Waals surface area contributed by atoms with Crippen molar-refractivity contribution >= 4 is 29.0 Å². The smallest absolute Gasteiger partial charge is 0.303 e. The van der Waals surface area contributed by atoms with Crippen LogP contribution in [0.5, 0.6) is 0 Å². The molecule has 0 atom stereocenters. The van der Waals surface area contributed by atoms with Crippen molar-refractivity contribution in [2.75, 3.05) is 35.3 Å². The molecule has 4 heterocycles. The summed E-state index contributed by atoms with van der Waals surface area (Å²) >= 11 is 0. The normalized spacial score (nSPS) is 19.7. The molecule has 0 aromatic carbocycles. The lowest BCUT2D eigenvalue weighted by Crippen LogP contribution is -2.29. The Morgan fingerprint density at radius 2 is 1.97 bits per heavy atom. The number of ether oxygens (including phenoxy) is 1. The fraction of sp³-hybridized carbons (Fsp3) is 0.545. The van der Waals surface area contributed by atoms with E-state index in [1.807, 2.05) is 4.90 Å². The molecule has 1 aliphatic carbocycles. The molecular formula is C22H26F2N6O2. The molecule has 5 rings (SSSR count). The molecule has 0 radical (unpaired) electrons. The van der Waals surface area contributed by atoms with Gasteiger partial charge in [-0.15, -0.1) is 0 Å². The second kappa shape index (κ2) is 7.61. The highest BCUT2D eigenvalue weighted by atomic mass is 19.3. The lowest BCUT2D eigenvalue weighted by Gasteiger charge is -2.26. The summed E-state index contributed by atoms with van der Waals surface area (Å²) in [5.41, 5.74) is 1.86. The fourth-order valence-corrected chi connectivity index (χ4v) is 4.48. The molecule has 2 fully saturated rings. The lowest BCUT2D eigenvalue weighted by atomic mass is 10.0. The monoisotopic (exact) mass is 444 g/mol. The van der Waals surface area contributed by atoms with E-state index in [4.69, 9.17) is 4.74 Å². The molecule has 8 nitrogen and oxygen atoms in total. The number of carbonyl (C=O) groups is 1. The minimum Gasteiger partial charge on any atom is -0.381 e. The van der Waals surface area contributed by atoms with Crippen molar-refractivity contribution in [3.8, 4) is 0 Å². The number of aromatic nitrogens is 3. The molecule has 3 aliphatic rings. The van der Waals surface area contributed by atoms with E-state index in [1.165, 1.54) is 6.92 Å². The molecule has 0 unspecified atom stereocenters. The fourth-order valence-electron chi connectivity index (χ4n) is 4.48. The summed E-state index contributed by atoms with van der Waals surface area (Å²) in [5, 5.41) is 6.00. The van der Waals surface area contributed by atoms with Crippen molar-refractivity contribution in [3.63, 3.8) is 0 Å². The number of nitrogens with one attached hydrogen (secondary N) is 2. The number of rotatable bonds is 5. The first-order valence-corrected chi connectivity index (χ1v) is 10.9. The van der Waals surface area contributed by atoms with Crippen molar-refractivity contribution < 1.29 is 18.3 Å². The Balaban J connectivity index is 1.54. The summed E-state index contributed by atoms with van der Waals surface area (Å²) in [4.78, 5) is 26.2. The third-order valence-electron chi connectivity index (χ3n) is 6.32. The third kappa shape index (κ3) is 3.99.